The molecular formula is C30H40O5S. The maximum atomic E-state index is 13.4. The molecule has 0 aliphatic heterocycles. The highest BCUT2D eigenvalue weighted by Crippen LogP contribution is 2.29. The summed E-state index contributed by atoms with van der Waals surface area (Å²) >= 11 is 0. The molecule has 0 heterocycles. The number of hydrogen-bond acceptors (Lipinski definition) is 5. The molecular weight excluding hydrogens is 472 g/mol. The van der Waals surface area contributed by atoms with E-state index in [-0.39, 0.29) is 23.0 Å². The molecule has 5 nitrogen and oxygen atoms in total. The van der Waals surface area contributed by atoms with Gasteiger partial charge in [-0.25, -0.2) is 8.42 Å². The van der Waals surface area contributed by atoms with Gasteiger partial charge in [0.15, 0.2) is 15.6 Å². The Morgan fingerprint density at radius 1 is 0.972 bits per heavy atom. The Kier molecular flexibility index (Phi) is 11.0. The SMILES string of the molecule is COc1cc(C/C=C(\C)CC/C=C(\C)C(C(=O)CC(C)C)S(=O)(=O)c2ccccc2)c(OC)cc1C. The van der Waals surface area contributed by atoms with Gasteiger partial charge in [0.05, 0.1) is 19.1 Å². The molecule has 6 heteroatoms. The third-order valence-electron chi connectivity index (χ3n) is 6.17. The summed E-state index contributed by atoms with van der Waals surface area (Å²) < 4.78 is 37.8. The van der Waals surface area contributed by atoms with Crippen LogP contribution in [0.4, 0.5) is 0 Å². The van der Waals surface area contributed by atoms with Gasteiger partial charge in [0, 0.05) is 12.0 Å². The average molecular weight is 513 g/mol. The van der Waals surface area contributed by atoms with Crippen LogP contribution in [0.2, 0.25) is 0 Å². The fourth-order valence-corrected chi connectivity index (χ4v) is 6.06. The van der Waals surface area contributed by atoms with Crippen LogP contribution in [0.1, 0.15) is 58.1 Å². The Balaban J connectivity index is 2.19. The first-order chi connectivity index (χ1) is 17.0. The smallest absolute Gasteiger partial charge is 0.192 e. The average Bonchev–Trinajstić information content (AvgIpc) is 2.82. The number of ether oxygens (including phenoxy) is 2. The van der Waals surface area contributed by atoms with Crippen LogP contribution < -0.4 is 9.47 Å². The first kappa shape index (κ1) is 29.4. The maximum absolute atomic E-state index is 13.4. The quantitative estimate of drug-likeness (QED) is 0.280. The summed E-state index contributed by atoms with van der Waals surface area (Å²) in [5.74, 6) is 1.48. The lowest BCUT2D eigenvalue weighted by Gasteiger charge is -2.19. The van der Waals surface area contributed by atoms with Crippen LogP contribution in [0, 0.1) is 12.8 Å². The van der Waals surface area contributed by atoms with E-state index in [1.165, 1.54) is 5.57 Å². The molecule has 2 rings (SSSR count). The highest BCUT2D eigenvalue weighted by Gasteiger charge is 2.35. The molecule has 2 aromatic rings. The lowest BCUT2D eigenvalue weighted by atomic mass is 9.99. The summed E-state index contributed by atoms with van der Waals surface area (Å²) in [6, 6.07) is 12.2. The van der Waals surface area contributed by atoms with Crippen molar-refractivity contribution in [3.8, 4) is 11.5 Å². The molecule has 0 aliphatic carbocycles. The molecule has 0 bridgehead atoms. The fourth-order valence-electron chi connectivity index (χ4n) is 4.22. The summed E-state index contributed by atoms with van der Waals surface area (Å²) in [5, 5.41) is -1.16. The van der Waals surface area contributed by atoms with E-state index in [4.69, 9.17) is 9.47 Å². The number of aryl methyl sites for hydroxylation is 1. The van der Waals surface area contributed by atoms with Crippen LogP contribution in [0.25, 0.3) is 0 Å². The summed E-state index contributed by atoms with van der Waals surface area (Å²) in [7, 11) is -0.498. The summed E-state index contributed by atoms with van der Waals surface area (Å²) in [6.45, 7) is 9.65. The largest absolute Gasteiger partial charge is 0.496 e. The van der Waals surface area contributed by atoms with Crippen molar-refractivity contribution in [3.63, 3.8) is 0 Å². The second-order valence-electron chi connectivity index (χ2n) is 9.68. The Hall–Kier alpha value is -2.86. The highest BCUT2D eigenvalue weighted by atomic mass is 32.2. The first-order valence-corrected chi connectivity index (χ1v) is 13.9. The Bertz CT molecular complexity index is 1190. The van der Waals surface area contributed by atoms with E-state index in [1.807, 2.05) is 39.0 Å². The first-order valence-electron chi connectivity index (χ1n) is 12.4. The molecule has 0 radical (unpaired) electrons. The van der Waals surface area contributed by atoms with Gasteiger partial charge in [0.1, 0.15) is 16.7 Å². The number of carbonyl (C=O) groups excluding carboxylic acids is 1. The predicted molar refractivity (Wildman–Crippen MR) is 147 cm³/mol. The number of rotatable bonds is 13. The van der Waals surface area contributed by atoms with Gasteiger partial charge >= 0.3 is 0 Å². The molecule has 36 heavy (non-hydrogen) atoms. The third kappa shape index (κ3) is 7.82. The normalized spacial score (nSPS) is 13.6. The number of allylic oxidation sites excluding steroid dienone is 3. The highest BCUT2D eigenvalue weighted by molar-refractivity contribution is 7.93. The summed E-state index contributed by atoms with van der Waals surface area (Å²) in [4.78, 5) is 13.2. The lowest BCUT2D eigenvalue weighted by molar-refractivity contribution is -0.118. The Morgan fingerprint density at radius 3 is 2.19 bits per heavy atom. The molecule has 1 atom stereocenters. The predicted octanol–water partition coefficient (Wildman–Crippen LogP) is 6.69. The zero-order valence-electron chi connectivity index (χ0n) is 22.6. The van der Waals surface area contributed by atoms with Crippen molar-refractivity contribution < 1.29 is 22.7 Å². The molecule has 1 unspecified atom stereocenters. The number of Topliss-reactive ketones (excluding diaryl/α,β-unsaturated/α-hetero) is 1. The van der Waals surface area contributed by atoms with Crippen molar-refractivity contribution in [1.29, 1.82) is 0 Å². The van der Waals surface area contributed by atoms with Gasteiger partial charge in [-0.1, -0.05) is 55.3 Å². The van der Waals surface area contributed by atoms with Crippen LogP contribution >= 0.6 is 0 Å². The van der Waals surface area contributed by atoms with Crippen LogP contribution in [0.3, 0.4) is 0 Å². The molecule has 0 aromatic heterocycles. The van der Waals surface area contributed by atoms with Gasteiger partial charge in [-0.15, -0.1) is 0 Å². The van der Waals surface area contributed by atoms with Gasteiger partial charge in [-0.2, -0.15) is 0 Å². The number of ketones is 1. The second kappa shape index (κ2) is 13.4. The zero-order chi connectivity index (χ0) is 26.9. The van der Waals surface area contributed by atoms with E-state index in [2.05, 4.69) is 13.0 Å². The van der Waals surface area contributed by atoms with Crippen molar-refractivity contribution in [2.45, 2.75) is 70.4 Å². The zero-order valence-corrected chi connectivity index (χ0v) is 23.4. The number of carbonyl (C=O) groups is 1. The Morgan fingerprint density at radius 2 is 1.61 bits per heavy atom. The van der Waals surface area contributed by atoms with Gasteiger partial charge in [0.2, 0.25) is 0 Å². The molecule has 0 amide bonds. The topological polar surface area (TPSA) is 69.7 Å². The van der Waals surface area contributed by atoms with Gasteiger partial charge in [0.25, 0.3) is 0 Å². The summed E-state index contributed by atoms with van der Waals surface area (Å²) in [6.07, 6.45) is 6.39. The van der Waals surface area contributed by atoms with E-state index in [1.54, 1.807) is 51.5 Å². The Labute approximate surface area is 217 Å². The number of methoxy groups -OCH3 is 2. The van der Waals surface area contributed by atoms with Crippen molar-refractivity contribution in [2.75, 3.05) is 14.2 Å². The fraction of sp³-hybridized carbons (Fsp3) is 0.433. The minimum atomic E-state index is -3.82. The van der Waals surface area contributed by atoms with E-state index in [0.29, 0.717) is 18.4 Å². The van der Waals surface area contributed by atoms with Crippen molar-refractivity contribution in [1.82, 2.24) is 0 Å². The standard InChI is InChI=1S/C30H40O5S/c1-21(2)18-27(31)30(36(32,33)26-14-9-8-10-15-26)23(4)13-11-12-22(3)16-17-25-20-28(34-6)24(5)19-29(25)35-7/h8-10,13-16,19-21,30H,11-12,17-18H2,1-7H3/b22-16+,23-13+. The summed E-state index contributed by atoms with van der Waals surface area (Å²) in [5.41, 5.74) is 3.82. The minimum Gasteiger partial charge on any atom is -0.496 e. The van der Waals surface area contributed by atoms with Crippen LogP contribution in [-0.2, 0) is 21.1 Å². The molecule has 0 spiro atoms. The van der Waals surface area contributed by atoms with E-state index in [9.17, 15) is 13.2 Å². The molecule has 0 saturated carbocycles. The van der Waals surface area contributed by atoms with Crippen molar-refractivity contribution in [2.24, 2.45) is 5.92 Å². The molecule has 196 valence electrons. The van der Waals surface area contributed by atoms with E-state index in [0.717, 1.165) is 29.0 Å². The second-order valence-corrected chi connectivity index (χ2v) is 11.7. The molecule has 0 saturated heterocycles. The molecule has 2 aromatic carbocycles. The number of benzene rings is 2. The van der Waals surface area contributed by atoms with Crippen LogP contribution in [-0.4, -0.2) is 33.7 Å². The molecule has 0 fully saturated rings. The number of sulfone groups is 1. The van der Waals surface area contributed by atoms with Gasteiger partial charge < -0.3 is 9.47 Å². The lowest BCUT2D eigenvalue weighted by Crippen LogP contribution is -2.32. The number of hydrogen-bond donors (Lipinski definition) is 0. The van der Waals surface area contributed by atoms with Crippen LogP contribution in [0.5, 0.6) is 11.5 Å². The van der Waals surface area contributed by atoms with Crippen LogP contribution in [0.15, 0.2) is 70.7 Å². The monoisotopic (exact) mass is 512 g/mol. The van der Waals surface area contributed by atoms with Gasteiger partial charge in [-0.3, -0.25) is 4.79 Å². The third-order valence-corrected chi connectivity index (χ3v) is 8.36. The van der Waals surface area contributed by atoms with Crippen molar-refractivity contribution >= 4 is 15.6 Å². The van der Waals surface area contributed by atoms with Crippen molar-refractivity contribution in [3.05, 3.63) is 76.9 Å². The minimum absolute atomic E-state index is 0.0846. The van der Waals surface area contributed by atoms with E-state index < -0.39 is 15.1 Å². The maximum Gasteiger partial charge on any atom is 0.192 e. The molecule has 0 N–H and O–H groups in total. The van der Waals surface area contributed by atoms with Gasteiger partial charge in [-0.05, 0) is 75.8 Å². The van der Waals surface area contributed by atoms with E-state index >= 15 is 0 Å². The molecule has 0 aliphatic rings.